The van der Waals surface area contributed by atoms with E-state index in [1.54, 1.807) is 11.3 Å². The van der Waals surface area contributed by atoms with Crippen molar-refractivity contribution in [3.05, 3.63) is 35.5 Å². The number of nitrogens with zero attached hydrogens (tertiary/aromatic N) is 6. The smallest absolute Gasteiger partial charge is 0.194 e. The van der Waals surface area contributed by atoms with Crippen molar-refractivity contribution in [2.75, 3.05) is 56.6 Å². The minimum atomic E-state index is 0. The fraction of sp³-hybridized carbons (Fsp3) is 0.500. The Morgan fingerprint density at radius 3 is 2.63 bits per heavy atom. The number of pyridine rings is 1. The molecule has 3 rings (SSSR count). The second kappa shape index (κ2) is 10.6. The van der Waals surface area contributed by atoms with Crippen LogP contribution in [0.2, 0.25) is 0 Å². The molecule has 0 atom stereocenters. The molecule has 0 unspecified atom stereocenters. The van der Waals surface area contributed by atoms with Crippen molar-refractivity contribution < 1.29 is 0 Å². The number of nitrogens with one attached hydrogen (secondary N) is 1. The number of hydrogen-bond acceptors (Lipinski definition) is 6. The van der Waals surface area contributed by atoms with E-state index in [2.05, 4.69) is 43.5 Å². The summed E-state index contributed by atoms with van der Waals surface area (Å²) >= 11 is 1.65. The molecule has 7 nitrogen and oxygen atoms in total. The predicted molar refractivity (Wildman–Crippen MR) is 125 cm³/mol. The van der Waals surface area contributed by atoms with Crippen LogP contribution < -0.4 is 15.1 Å². The third-order valence-electron chi connectivity index (χ3n) is 4.20. The minimum Gasteiger partial charge on any atom is -0.357 e. The van der Waals surface area contributed by atoms with Crippen molar-refractivity contribution in [2.45, 2.75) is 13.5 Å². The molecule has 0 aromatic carbocycles. The molecule has 1 aliphatic rings. The maximum absolute atomic E-state index is 4.80. The highest BCUT2D eigenvalue weighted by Gasteiger charge is 2.20. The first-order chi connectivity index (χ1) is 12.7. The molecule has 1 saturated heterocycles. The van der Waals surface area contributed by atoms with Crippen molar-refractivity contribution in [2.24, 2.45) is 4.99 Å². The van der Waals surface area contributed by atoms with Gasteiger partial charge < -0.3 is 20.0 Å². The Labute approximate surface area is 182 Å². The fourth-order valence-corrected chi connectivity index (χ4v) is 3.59. The van der Waals surface area contributed by atoms with Crippen LogP contribution >= 0.6 is 35.3 Å². The van der Waals surface area contributed by atoms with Crippen LogP contribution in [-0.4, -0.2) is 67.6 Å². The van der Waals surface area contributed by atoms with Gasteiger partial charge in [0.1, 0.15) is 5.82 Å². The van der Waals surface area contributed by atoms with E-state index in [4.69, 9.17) is 4.99 Å². The molecule has 1 aliphatic heterocycles. The summed E-state index contributed by atoms with van der Waals surface area (Å²) in [7, 11) is 4.02. The molecule has 0 saturated carbocycles. The number of hydrogen-bond donors (Lipinski definition) is 1. The zero-order chi connectivity index (χ0) is 18.4. The Morgan fingerprint density at radius 2 is 2.04 bits per heavy atom. The molecule has 0 bridgehead atoms. The second-order valence-corrected chi connectivity index (χ2v) is 7.18. The van der Waals surface area contributed by atoms with Crippen LogP contribution in [0, 0.1) is 0 Å². The third kappa shape index (κ3) is 5.93. The van der Waals surface area contributed by atoms with Crippen LogP contribution in [0.5, 0.6) is 0 Å². The van der Waals surface area contributed by atoms with Crippen LogP contribution in [0.4, 0.5) is 10.9 Å². The van der Waals surface area contributed by atoms with E-state index >= 15 is 0 Å². The van der Waals surface area contributed by atoms with Crippen molar-refractivity contribution in [1.82, 2.24) is 20.2 Å². The Morgan fingerprint density at radius 1 is 1.26 bits per heavy atom. The molecule has 27 heavy (non-hydrogen) atoms. The van der Waals surface area contributed by atoms with Crippen molar-refractivity contribution >= 4 is 52.2 Å². The molecule has 1 N–H and O–H groups in total. The Kier molecular flexibility index (Phi) is 8.55. The van der Waals surface area contributed by atoms with Gasteiger partial charge in [-0.1, -0.05) is 6.07 Å². The molecule has 0 radical (unpaired) electrons. The summed E-state index contributed by atoms with van der Waals surface area (Å²) in [6.45, 7) is 7.33. The molecular weight excluding hydrogens is 473 g/mol. The number of guanidine groups is 1. The molecule has 2 aromatic heterocycles. The summed E-state index contributed by atoms with van der Waals surface area (Å²) in [6.07, 6.45) is 1.85. The highest BCUT2D eigenvalue weighted by molar-refractivity contribution is 14.0. The molecular formula is C18H28IN7S. The van der Waals surface area contributed by atoms with E-state index in [-0.39, 0.29) is 24.0 Å². The van der Waals surface area contributed by atoms with Gasteiger partial charge in [-0.2, -0.15) is 0 Å². The number of thiazole rings is 1. The monoisotopic (exact) mass is 501 g/mol. The van der Waals surface area contributed by atoms with Gasteiger partial charge in [-0.05, 0) is 19.1 Å². The standard InChI is InChI=1S/C18H27N7S.HI/c1-4-19-17(21-13-15-14-26-18(22-15)23(2)3)25-11-9-24(10-12-25)16-7-5-6-8-20-16;/h5-8,14H,4,9-13H2,1-3H3,(H,19,21);1H. The van der Waals surface area contributed by atoms with Crippen LogP contribution in [0.3, 0.4) is 0 Å². The summed E-state index contributed by atoms with van der Waals surface area (Å²) in [5.74, 6) is 2.01. The van der Waals surface area contributed by atoms with E-state index in [1.807, 2.05) is 37.3 Å². The van der Waals surface area contributed by atoms with E-state index in [9.17, 15) is 0 Å². The molecule has 9 heteroatoms. The summed E-state index contributed by atoms with van der Waals surface area (Å²) in [4.78, 5) is 20.5. The van der Waals surface area contributed by atoms with Crippen LogP contribution in [0.1, 0.15) is 12.6 Å². The van der Waals surface area contributed by atoms with Crippen LogP contribution in [0.25, 0.3) is 0 Å². The van der Waals surface area contributed by atoms with Crippen LogP contribution in [0.15, 0.2) is 34.8 Å². The molecule has 2 aromatic rings. The van der Waals surface area contributed by atoms with E-state index in [1.165, 1.54) is 0 Å². The first-order valence-electron chi connectivity index (χ1n) is 8.98. The second-order valence-electron chi connectivity index (χ2n) is 6.35. The highest BCUT2D eigenvalue weighted by Crippen LogP contribution is 2.18. The summed E-state index contributed by atoms with van der Waals surface area (Å²) in [6, 6.07) is 6.06. The third-order valence-corrected chi connectivity index (χ3v) is 5.26. The van der Waals surface area contributed by atoms with Crippen molar-refractivity contribution in [1.29, 1.82) is 0 Å². The van der Waals surface area contributed by atoms with Gasteiger partial charge in [-0.3, -0.25) is 0 Å². The first-order valence-corrected chi connectivity index (χ1v) is 9.86. The Hall–Kier alpha value is -1.62. The Balaban J connectivity index is 0.00000261. The molecule has 148 valence electrons. The highest BCUT2D eigenvalue weighted by atomic mass is 127. The zero-order valence-electron chi connectivity index (χ0n) is 16.1. The van der Waals surface area contributed by atoms with E-state index in [0.717, 1.165) is 55.3 Å². The number of aliphatic imine (C=N–C) groups is 1. The summed E-state index contributed by atoms with van der Waals surface area (Å²) < 4.78 is 0. The maximum atomic E-state index is 4.80. The average Bonchev–Trinajstić information content (AvgIpc) is 3.15. The van der Waals surface area contributed by atoms with Gasteiger partial charge in [0, 0.05) is 58.4 Å². The van der Waals surface area contributed by atoms with Gasteiger partial charge in [0.25, 0.3) is 0 Å². The topological polar surface area (TPSA) is 59.9 Å². The van der Waals surface area contributed by atoms with E-state index in [0.29, 0.717) is 6.54 Å². The maximum Gasteiger partial charge on any atom is 0.194 e. The summed E-state index contributed by atoms with van der Waals surface area (Å²) in [5.41, 5.74) is 1.02. The molecule has 0 amide bonds. The molecule has 1 fully saturated rings. The normalized spacial score (nSPS) is 14.7. The zero-order valence-corrected chi connectivity index (χ0v) is 19.3. The SMILES string of the molecule is CCNC(=NCc1csc(N(C)C)n1)N1CCN(c2ccccn2)CC1.I. The fourth-order valence-electron chi connectivity index (χ4n) is 2.84. The first kappa shape index (κ1) is 21.7. The average molecular weight is 501 g/mol. The molecule has 0 aliphatic carbocycles. The van der Waals surface area contributed by atoms with Gasteiger partial charge in [-0.15, -0.1) is 35.3 Å². The largest absolute Gasteiger partial charge is 0.357 e. The molecule has 3 heterocycles. The number of aromatic nitrogens is 2. The number of anilines is 2. The van der Waals surface area contributed by atoms with Gasteiger partial charge in [-0.25, -0.2) is 15.0 Å². The minimum absolute atomic E-state index is 0. The number of piperazine rings is 1. The van der Waals surface area contributed by atoms with E-state index < -0.39 is 0 Å². The number of rotatable bonds is 5. The van der Waals surface area contributed by atoms with Gasteiger partial charge in [0.05, 0.1) is 12.2 Å². The lowest BCUT2D eigenvalue weighted by Crippen LogP contribution is -2.52. The quantitative estimate of drug-likeness (QED) is 0.386. The lowest BCUT2D eigenvalue weighted by Gasteiger charge is -2.37. The lowest BCUT2D eigenvalue weighted by atomic mass is 10.3. The van der Waals surface area contributed by atoms with Gasteiger partial charge in [0.2, 0.25) is 0 Å². The van der Waals surface area contributed by atoms with Gasteiger partial charge in [0.15, 0.2) is 11.1 Å². The van der Waals surface area contributed by atoms with Crippen molar-refractivity contribution in [3.8, 4) is 0 Å². The van der Waals surface area contributed by atoms with Crippen molar-refractivity contribution in [3.63, 3.8) is 0 Å². The van der Waals surface area contributed by atoms with Gasteiger partial charge >= 0.3 is 0 Å². The lowest BCUT2D eigenvalue weighted by molar-refractivity contribution is 0.371. The molecule has 0 spiro atoms. The summed E-state index contributed by atoms with van der Waals surface area (Å²) in [5, 5.41) is 6.52. The Bertz CT molecular complexity index is 712. The van der Waals surface area contributed by atoms with Crippen LogP contribution in [-0.2, 0) is 6.54 Å². The number of halogens is 1. The predicted octanol–water partition coefficient (Wildman–Crippen LogP) is 2.51.